The summed E-state index contributed by atoms with van der Waals surface area (Å²) >= 11 is 0.834. The smallest absolute Gasteiger partial charge is 0.332 e. The lowest BCUT2D eigenvalue weighted by atomic mass is 9.83. The molecule has 3 N–H and O–H groups in total. The zero-order valence-electron chi connectivity index (χ0n) is 18.4. The minimum atomic E-state index is -1.17. The van der Waals surface area contributed by atoms with Crippen LogP contribution in [0.25, 0.3) is 17.5 Å². The van der Waals surface area contributed by atoms with Gasteiger partial charge in [-0.25, -0.2) is 9.18 Å². The molecule has 1 unspecified atom stereocenters. The van der Waals surface area contributed by atoms with Crippen molar-refractivity contribution in [1.82, 2.24) is 9.88 Å². The van der Waals surface area contributed by atoms with Crippen molar-refractivity contribution in [2.75, 3.05) is 7.11 Å². The van der Waals surface area contributed by atoms with Crippen LogP contribution in [-0.4, -0.2) is 23.6 Å². The van der Waals surface area contributed by atoms with Gasteiger partial charge in [0.2, 0.25) is 0 Å². The van der Waals surface area contributed by atoms with Crippen molar-refractivity contribution >= 4 is 40.7 Å². The van der Waals surface area contributed by atoms with E-state index in [1.807, 2.05) is 36.4 Å². The van der Waals surface area contributed by atoms with Crippen LogP contribution < -0.4 is 25.8 Å². The van der Waals surface area contributed by atoms with Gasteiger partial charge in [-0.15, -0.1) is 11.3 Å². The van der Waals surface area contributed by atoms with Crippen molar-refractivity contribution in [3.05, 3.63) is 96.7 Å². The van der Waals surface area contributed by atoms with E-state index in [2.05, 4.69) is 10.1 Å². The number of hydrogen-bond acceptors (Lipinski definition) is 7. The number of thiazole rings is 1. The zero-order chi connectivity index (χ0) is 25.1. The van der Waals surface area contributed by atoms with Crippen molar-refractivity contribution in [3.8, 4) is 6.07 Å². The standard InChI is InChI=1S/C25H19FN4O4S/c1-34-19(31)11-18-24(33)30-22(28)16(12-27)20(15-9-5-6-10-17(15)26)21(25(30)35-18)23(32)29-13-14-7-3-2-4-8-14/h2-11,20H,13,28H2,1H3,(H,29,32)/b18-11-. The summed E-state index contributed by atoms with van der Waals surface area (Å²) in [7, 11) is 1.16. The van der Waals surface area contributed by atoms with E-state index in [1.165, 1.54) is 18.2 Å². The van der Waals surface area contributed by atoms with Gasteiger partial charge in [0.25, 0.3) is 11.5 Å². The van der Waals surface area contributed by atoms with Gasteiger partial charge in [-0.3, -0.25) is 14.2 Å². The Kier molecular flexibility index (Phi) is 6.62. The van der Waals surface area contributed by atoms with E-state index in [1.54, 1.807) is 6.07 Å². The molecule has 10 heteroatoms. The number of fused-ring (bicyclic) bond motifs is 1. The number of nitriles is 1. The van der Waals surface area contributed by atoms with E-state index in [9.17, 15) is 24.0 Å². The number of hydrogen-bond donors (Lipinski definition) is 2. The lowest BCUT2D eigenvalue weighted by Gasteiger charge is -2.25. The summed E-state index contributed by atoms with van der Waals surface area (Å²) < 4.78 is 20.6. The lowest BCUT2D eigenvalue weighted by molar-refractivity contribution is -0.133. The van der Waals surface area contributed by atoms with E-state index in [0.717, 1.165) is 34.7 Å². The molecule has 176 valence electrons. The molecule has 0 fully saturated rings. The van der Waals surface area contributed by atoms with Crippen molar-refractivity contribution in [2.24, 2.45) is 5.73 Å². The summed E-state index contributed by atoms with van der Waals surface area (Å²) in [4.78, 5) is 38.4. The van der Waals surface area contributed by atoms with Crippen LogP contribution in [0, 0.1) is 17.1 Å². The molecule has 0 aliphatic carbocycles. The third kappa shape index (κ3) is 4.37. The summed E-state index contributed by atoms with van der Waals surface area (Å²) in [5.74, 6) is -3.42. The molecule has 1 aliphatic heterocycles. The fourth-order valence-corrected chi connectivity index (χ4v) is 4.96. The first-order valence-corrected chi connectivity index (χ1v) is 11.2. The number of aromatic nitrogens is 1. The number of ether oxygens (including phenoxy) is 1. The second kappa shape index (κ2) is 9.79. The van der Waals surface area contributed by atoms with E-state index in [-0.39, 0.29) is 38.3 Å². The van der Waals surface area contributed by atoms with Gasteiger partial charge in [0.05, 0.1) is 30.2 Å². The number of nitrogens with two attached hydrogens (primary N) is 1. The zero-order valence-corrected chi connectivity index (χ0v) is 19.3. The average Bonchev–Trinajstić information content (AvgIpc) is 3.19. The summed E-state index contributed by atoms with van der Waals surface area (Å²) in [5.41, 5.74) is 6.22. The predicted molar refractivity (Wildman–Crippen MR) is 128 cm³/mol. The molecule has 0 bridgehead atoms. The molecule has 2 heterocycles. The first-order chi connectivity index (χ1) is 16.9. The summed E-state index contributed by atoms with van der Waals surface area (Å²) in [6.45, 7) is 0.158. The molecule has 2 aromatic carbocycles. The van der Waals surface area contributed by atoms with Gasteiger partial charge in [0, 0.05) is 18.2 Å². The van der Waals surface area contributed by atoms with Crippen LogP contribution in [0.5, 0.6) is 0 Å². The van der Waals surface area contributed by atoms with Gasteiger partial charge in [-0.2, -0.15) is 5.26 Å². The number of nitrogens with zero attached hydrogens (tertiary/aromatic N) is 2. The molecule has 0 spiro atoms. The predicted octanol–water partition coefficient (Wildman–Crippen LogP) is 0.918. The Morgan fingerprint density at radius 3 is 2.57 bits per heavy atom. The van der Waals surface area contributed by atoms with Crippen molar-refractivity contribution < 1.29 is 18.7 Å². The molecule has 0 radical (unpaired) electrons. The van der Waals surface area contributed by atoms with Gasteiger partial charge in [-0.1, -0.05) is 48.5 Å². The van der Waals surface area contributed by atoms with E-state index in [4.69, 9.17) is 5.73 Å². The van der Waals surface area contributed by atoms with Crippen LogP contribution in [0.3, 0.4) is 0 Å². The molecule has 0 saturated carbocycles. The number of methoxy groups -OCH3 is 1. The van der Waals surface area contributed by atoms with E-state index >= 15 is 0 Å². The molecule has 1 atom stereocenters. The number of esters is 1. The van der Waals surface area contributed by atoms with E-state index < -0.39 is 29.2 Å². The third-order valence-electron chi connectivity index (χ3n) is 5.48. The number of halogens is 1. The lowest BCUT2D eigenvalue weighted by Crippen LogP contribution is -2.42. The summed E-state index contributed by atoms with van der Waals surface area (Å²) in [6, 6.07) is 16.8. The molecule has 8 nitrogen and oxygen atoms in total. The second-order valence-corrected chi connectivity index (χ2v) is 8.56. The quantitative estimate of drug-likeness (QED) is 0.512. The van der Waals surface area contributed by atoms with Crippen molar-refractivity contribution in [2.45, 2.75) is 12.5 Å². The Balaban J connectivity index is 2.00. The highest BCUT2D eigenvalue weighted by Gasteiger charge is 2.36. The molecular weight excluding hydrogens is 471 g/mol. The highest BCUT2D eigenvalue weighted by molar-refractivity contribution is 7.07. The fraction of sp³-hybridized carbons (Fsp3) is 0.120. The Morgan fingerprint density at radius 1 is 1.23 bits per heavy atom. The number of nitrogens with one attached hydrogen (secondary N) is 1. The van der Waals surface area contributed by atoms with Crippen molar-refractivity contribution in [3.63, 3.8) is 0 Å². The number of rotatable bonds is 5. The number of amides is 1. The first kappa shape index (κ1) is 23.7. The molecule has 1 aliphatic rings. The molecular formula is C25H19FN4O4S. The largest absolute Gasteiger partial charge is 0.466 e. The third-order valence-corrected chi connectivity index (χ3v) is 6.58. The number of allylic oxidation sites excluding steroid dienone is 1. The minimum Gasteiger partial charge on any atom is -0.466 e. The molecule has 1 aromatic heterocycles. The van der Waals surface area contributed by atoms with Crippen LogP contribution in [0.1, 0.15) is 17.0 Å². The van der Waals surface area contributed by atoms with Crippen LogP contribution in [-0.2, 0) is 20.9 Å². The highest BCUT2D eigenvalue weighted by atomic mass is 32.1. The molecule has 4 rings (SSSR count). The normalized spacial score (nSPS) is 15.4. The molecule has 0 saturated heterocycles. The van der Waals surface area contributed by atoms with Gasteiger partial charge >= 0.3 is 5.97 Å². The van der Waals surface area contributed by atoms with Crippen LogP contribution in [0.15, 0.2) is 65.0 Å². The number of benzene rings is 2. The van der Waals surface area contributed by atoms with Gasteiger partial charge in [0.1, 0.15) is 20.8 Å². The summed E-state index contributed by atoms with van der Waals surface area (Å²) in [6.07, 6.45) is 0.981. The van der Waals surface area contributed by atoms with E-state index in [0.29, 0.717) is 0 Å². The minimum absolute atomic E-state index is 0.0246. The Morgan fingerprint density at radius 2 is 1.91 bits per heavy atom. The average molecular weight is 491 g/mol. The topological polar surface area (TPSA) is 127 Å². The maximum atomic E-state index is 14.9. The Bertz CT molecular complexity index is 1580. The monoisotopic (exact) mass is 490 g/mol. The maximum absolute atomic E-state index is 14.9. The van der Waals surface area contributed by atoms with Gasteiger partial charge in [-0.05, 0) is 11.6 Å². The number of carbonyl (C=O) groups excluding carboxylic acids is 2. The second-order valence-electron chi connectivity index (χ2n) is 7.53. The van der Waals surface area contributed by atoms with Crippen LogP contribution in [0.4, 0.5) is 4.39 Å². The number of carbonyl (C=O) groups is 2. The molecule has 35 heavy (non-hydrogen) atoms. The fourth-order valence-electron chi connectivity index (χ4n) is 3.83. The molecule has 3 aromatic rings. The van der Waals surface area contributed by atoms with Gasteiger partial charge in [0.15, 0.2) is 0 Å². The van der Waals surface area contributed by atoms with Crippen LogP contribution in [0.2, 0.25) is 0 Å². The SMILES string of the molecule is COC(=O)/C=c1\sc2n(c1=O)C(N)=C(C#N)C(c1ccccc1F)C=2C(=O)NCc1ccccc1. The van der Waals surface area contributed by atoms with Crippen molar-refractivity contribution in [1.29, 1.82) is 5.26 Å². The maximum Gasteiger partial charge on any atom is 0.332 e. The van der Waals surface area contributed by atoms with Crippen LogP contribution >= 0.6 is 11.3 Å². The summed E-state index contributed by atoms with van der Waals surface area (Å²) in [5, 5.41) is 12.7. The highest BCUT2D eigenvalue weighted by Crippen LogP contribution is 2.37. The Labute approximate surface area is 202 Å². The molecule has 1 amide bonds. The Hall–Kier alpha value is -4.49. The first-order valence-electron chi connectivity index (χ1n) is 10.4. The van der Waals surface area contributed by atoms with Gasteiger partial charge < -0.3 is 15.8 Å².